The van der Waals surface area contributed by atoms with Crippen molar-refractivity contribution >= 4 is 5.71 Å². The van der Waals surface area contributed by atoms with Crippen molar-refractivity contribution in [1.82, 2.24) is 5.32 Å². The lowest BCUT2D eigenvalue weighted by Crippen LogP contribution is -2.20. The van der Waals surface area contributed by atoms with Gasteiger partial charge in [-0.1, -0.05) is 30.3 Å². The van der Waals surface area contributed by atoms with Gasteiger partial charge >= 0.3 is 0 Å². The summed E-state index contributed by atoms with van der Waals surface area (Å²) in [7, 11) is 0. The molecule has 0 aliphatic rings. The second kappa shape index (κ2) is 7.14. The summed E-state index contributed by atoms with van der Waals surface area (Å²) in [6.45, 7) is 2.30. The molecule has 4 nitrogen and oxygen atoms in total. The molecule has 0 amide bonds. The van der Waals surface area contributed by atoms with E-state index in [2.05, 4.69) is 5.32 Å². The van der Waals surface area contributed by atoms with Gasteiger partial charge in [-0.05, 0) is 42.8 Å². The smallest absolute Gasteiger partial charge is 0.127 e. The number of rotatable bonds is 6. The molecule has 0 aliphatic heterocycles. The molecule has 0 saturated heterocycles. The van der Waals surface area contributed by atoms with Crippen LogP contribution in [-0.4, -0.2) is 5.71 Å². The maximum absolute atomic E-state index is 7.33. The highest BCUT2D eigenvalue weighted by Gasteiger charge is 1.98. The van der Waals surface area contributed by atoms with E-state index in [9.17, 15) is 0 Å². The van der Waals surface area contributed by atoms with Crippen LogP contribution in [0.1, 0.15) is 12.5 Å². The normalized spacial score (nSPS) is 11.0. The quantitative estimate of drug-likeness (QED) is 0.711. The minimum atomic E-state index is 0.423. The molecular formula is C17H19N3O. The SMILES string of the molecule is CC(=N)/C=C(/N)NCc1ccc(Oc2ccccc2)cc1. The molecule has 0 aromatic heterocycles. The van der Waals surface area contributed by atoms with E-state index in [4.69, 9.17) is 15.9 Å². The van der Waals surface area contributed by atoms with Crippen molar-refractivity contribution < 1.29 is 4.74 Å². The number of hydrogen-bond acceptors (Lipinski definition) is 4. The Balaban J connectivity index is 1.92. The van der Waals surface area contributed by atoms with Crippen LogP contribution in [0.4, 0.5) is 0 Å². The van der Waals surface area contributed by atoms with Crippen LogP contribution in [-0.2, 0) is 6.54 Å². The van der Waals surface area contributed by atoms with Gasteiger partial charge in [-0.25, -0.2) is 0 Å². The monoisotopic (exact) mass is 281 g/mol. The van der Waals surface area contributed by atoms with Crippen LogP contribution >= 0.6 is 0 Å². The number of nitrogens with one attached hydrogen (secondary N) is 2. The number of nitrogens with two attached hydrogens (primary N) is 1. The lowest BCUT2D eigenvalue weighted by molar-refractivity contribution is 0.482. The van der Waals surface area contributed by atoms with E-state index in [0.717, 1.165) is 17.1 Å². The van der Waals surface area contributed by atoms with Crippen LogP contribution in [0.2, 0.25) is 0 Å². The van der Waals surface area contributed by atoms with E-state index in [1.54, 1.807) is 13.0 Å². The Morgan fingerprint density at radius 2 is 1.71 bits per heavy atom. The van der Waals surface area contributed by atoms with Gasteiger partial charge in [-0.2, -0.15) is 0 Å². The number of ether oxygens (including phenoxy) is 1. The van der Waals surface area contributed by atoms with Gasteiger partial charge in [-0.15, -0.1) is 0 Å². The first-order valence-electron chi connectivity index (χ1n) is 6.71. The van der Waals surface area contributed by atoms with Crippen molar-refractivity contribution in [3.8, 4) is 11.5 Å². The maximum Gasteiger partial charge on any atom is 0.127 e. The molecular weight excluding hydrogens is 262 g/mol. The topological polar surface area (TPSA) is 71.1 Å². The highest BCUT2D eigenvalue weighted by atomic mass is 16.5. The molecule has 0 spiro atoms. The predicted molar refractivity (Wildman–Crippen MR) is 85.5 cm³/mol. The average molecular weight is 281 g/mol. The molecule has 21 heavy (non-hydrogen) atoms. The van der Waals surface area contributed by atoms with Gasteiger partial charge in [-0.3, -0.25) is 0 Å². The van der Waals surface area contributed by atoms with E-state index in [1.165, 1.54) is 0 Å². The number of benzene rings is 2. The Labute approximate surface area is 124 Å². The molecule has 2 aromatic carbocycles. The fourth-order valence-electron chi connectivity index (χ4n) is 1.79. The maximum atomic E-state index is 7.33. The first-order chi connectivity index (χ1) is 10.1. The zero-order valence-corrected chi connectivity index (χ0v) is 12.0. The fourth-order valence-corrected chi connectivity index (χ4v) is 1.79. The molecule has 4 heteroatoms. The first kappa shape index (κ1) is 14.7. The number of para-hydroxylation sites is 1. The van der Waals surface area contributed by atoms with Crippen LogP contribution in [0.25, 0.3) is 0 Å². The second-order valence-electron chi connectivity index (χ2n) is 4.70. The Bertz CT molecular complexity index is 618. The van der Waals surface area contributed by atoms with Crippen molar-refractivity contribution in [2.24, 2.45) is 5.73 Å². The molecule has 0 bridgehead atoms. The number of allylic oxidation sites excluding steroid dienone is 1. The lowest BCUT2D eigenvalue weighted by Gasteiger charge is -2.08. The molecule has 0 aliphatic carbocycles. The third kappa shape index (κ3) is 5.03. The van der Waals surface area contributed by atoms with Crippen LogP contribution in [0.3, 0.4) is 0 Å². The molecule has 108 valence electrons. The predicted octanol–water partition coefficient (Wildman–Crippen LogP) is 3.41. The molecule has 0 atom stereocenters. The van der Waals surface area contributed by atoms with Gasteiger partial charge < -0.3 is 21.2 Å². The molecule has 0 heterocycles. The van der Waals surface area contributed by atoms with Crippen LogP contribution in [0, 0.1) is 5.41 Å². The summed E-state index contributed by atoms with van der Waals surface area (Å²) in [6.07, 6.45) is 1.59. The standard InChI is InChI=1S/C17H19N3O/c1-13(18)11-17(19)20-12-14-7-9-16(10-8-14)21-15-5-3-2-4-6-15/h2-11,18,20H,12,19H2,1H3/b17-11-,18-13?. The average Bonchev–Trinajstić information content (AvgIpc) is 2.47. The molecule has 0 saturated carbocycles. The molecule has 0 radical (unpaired) electrons. The van der Waals surface area contributed by atoms with Crippen molar-refractivity contribution in [3.05, 3.63) is 72.1 Å². The Morgan fingerprint density at radius 1 is 1.10 bits per heavy atom. The van der Waals surface area contributed by atoms with Gasteiger partial charge in [0.15, 0.2) is 0 Å². The minimum absolute atomic E-state index is 0.423. The Kier molecular flexibility index (Phi) is 4.99. The van der Waals surface area contributed by atoms with Crippen molar-refractivity contribution in [1.29, 1.82) is 5.41 Å². The van der Waals surface area contributed by atoms with Crippen molar-refractivity contribution in [2.45, 2.75) is 13.5 Å². The van der Waals surface area contributed by atoms with E-state index in [1.807, 2.05) is 54.6 Å². The van der Waals surface area contributed by atoms with E-state index in [-0.39, 0.29) is 0 Å². The first-order valence-corrected chi connectivity index (χ1v) is 6.71. The summed E-state index contributed by atoms with van der Waals surface area (Å²) < 4.78 is 5.73. The zero-order valence-electron chi connectivity index (χ0n) is 12.0. The van der Waals surface area contributed by atoms with Gasteiger partial charge in [0.05, 0.1) is 5.82 Å². The minimum Gasteiger partial charge on any atom is -0.457 e. The van der Waals surface area contributed by atoms with Crippen LogP contribution in [0.5, 0.6) is 11.5 Å². The number of hydrogen-bond donors (Lipinski definition) is 3. The summed E-state index contributed by atoms with van der Waals surface area (Å²) in [5.41, 5.74) is 7.25. The van der Waals surface area contributed by atoms with Gasteiger partial charge in [0.25, 0.3) is 0 Å². The van der Waals surface area contributed by atoms with Crippen LogP contribution < -0.4 is 15.8 Å². The summed E-state index contributed by atoms with van der Waals surface area (Å²) in [6, 6.07) is 17.5. The molecule has 4 N–H and O–H groups in total. The Hall–Kier alpha value is -2.75. The molecule has 0 fully saturated rings. The van der Waals surface area contributed by atoms with E-state index >= 15 is 0 Å². The molecule has 2 rings (SSSR count). The van der Waals surface area contributed by atoms with E-state index < -0.39 is 0 Å². The highest BCUT2D eigenvalue weighted by molar-refractivity contribution is 5.90. The lowest BCUT2D eigenvalue weighted by atomic mass is 10.2. The third-order valence-corrected chi connectivity index (χ3v) is 2.77. The summed E-state index contributed by atoms with van der Waals surface area (Å²) in [4.78, 5) is 0. The van der Waals surface area contributed by atoms with Gasteiger partial charge in [0, 0.05) is 12.3 Å². The van der Waals surface area contributed by atoms with Gasteiger partial charge in [0.2, 0.25) is 0 Å². The van der Waals surface area contributed by atoms with Crippen LogP contribution in [0.15, 0.2) is 66.5 Å². The Morgan fingerprint density at radius 3 is 2.33 bits per heavy atom. The largest absolute Gasteiger partial charge is 0.457 e. The van der Waals surface area contributed by atoms with Crippen molar-refractivity contribution in [2.75, 3.05) is 0 Å². The van der Waals surface area contributed by atoms with Gasteiger partial charge in [0.1, 0.15) is 11.5 Å². The summed E-state index contributed by atoms with van der Waals surface area (Å²) in [5.74, 6) is 2.10. The second-order valence-corrected chi connectivity index (χ2v) is 4.70. The highest BCUT2D eigenvalue weighted by Crippen LogP contribution is 2.21. The van der Waals surface area contributed by atoms with E-state index in [0.29, 0.717) is 18.1 Å². The summed E-state index contributed by atoms with van der Waals surface area (Å²) >= 11 is 0. The fraction of sp³-hybridized carbons (Fsp3) is 0.118. The van der Waals surface area contributed by atoms with Crippen molar-refractivity contribution in [3.63, 3.8) is 0 Å². The third-order valence-electron chi connectivity index (χ3n) is 2.77. The molecule has 0 unspecified atom stereocenters. The molecule has 2 aromatic rings. The zero-order chi connectivity index (χ0) is 15.1. The summed E-state index contributed by atoms with van der Waals surface area (Å²) in [5, 5.41) is 10.4.